The molecule has 1 saturated heterocycles. The van der Waals surface area contributed by atoms with Crippen LogP contribution in [0.5, 0.6) is 0 Å². The third-order valence-electron chi connectivity index (χ3n) is 4.02. The molecule has 1 N–H and O–H groups in total. The SMILES string of the molecule is CNC1CCN(CC(C)N(C)C2CC2)C1. The highest BCUT2D eigenvalue weighted by atomic mass is 15.2. The molecule has 3 heteroatoms. The summed E-state index contributed by atoms with van der Waals surface area (Å²) in [5, 5.41) is 3.38. The molecule has 2 aliphatic rings. The van der Waals surface area contributed by atoms with Crippen molar-refractivity contribution in [3.8, 4) is 0 Å². The molecular formula is C12H25N3. The molecule has 0 aromatic heterocycles. The van der Waals surface area contributed by atoms with Crippen LogP contribution in [0.15, 0.2) is 0 Å². The van der Waals surface area contributed by atoms with Gasteiger partial charge in [0.15, 0.2) is 0 Å². The van der Waals surface area contributed by atoms with Crippen LogP contribution < -0.4 is 5.32 Å². The summed E-state index contributed by atoms with van der Waals surface area (Å²) in [6.45, 7) is 6.11. The van der Waals surface area contributed by atoms with Gasteiger partial charge in [-0.15, -0.1) is 0 Å². The minimum atomic E-state index is 0.716. The van der Waals surface area contributed by atoms with Gasteiger partial charge in [-0.3, -0.25) is 4.90 Å². The van der Waals surface area contributed by atoms with Gasteiger partial charge in [0.25, 0.3) is 0 Å². The summed E-state index contributed by atoms with van der Waals surface area (Å²) in [5.74, 6) is 0. The first-order chi connectivity index (χ1) is 7.20. The molecule has 2 atom stereocenters. The van der Waals surface area contributed by atoms with Crippen LogP contribution in [0.1, 0.15) is 26.2 Å². The second kappa shape index (κ2) is 4.81. The first-order valence-electron chi connectivity index (χ1n) is 6.32. The number of rotatable bonds is 5. The number of nitrogens with zero attached hydrogens (tertiary/aromatic N) is 2. The van der Waals surface area contributed by atoms with E-state index in [0.717, 1.165) is 12.1 Å². The van der Waals surface area contributed by atoms with Gasteiger partial charge in [-0.25, -0.2) is 0 Å². The molecule has 88 valence electrons. The number of likely N-dealkylation sites (N-methyl/N-ethyl adjacent to an activating group) is 2. The van der Waals surface area contributed by atoms with E-state index in [-0.39, 0.29) is 0 Å². The van der Waals surface area contributed by atoms with E-state index in [1.165, 1.54) is 38.9 Å². The number of likely N-dealkylation sites (tertiary alicyclic amines) is 1. The highest BCUT2D eigenvalue weighted by Crippen LogP contribution is 2.27. The predicted molar refractivity (Wildman–Crippen MR) is 64.2 cm³/mol. The van der Waals surface area contributed by atoms with Crippen molar-refractivity contribution in [1.29, 1.82) is 0 Å². The Labute approximate surface area is 93.8 Å². The average Bonchev–Trinajstić information content (AvgIpc) is 2.98. The summed E-state index contributed by atoms with van der Waals surface area (Å²) in [4.78, 5) is 5.16. The van der Waals surface area contributed by atoms with E-state index in [4.69, 9.17) is 0 Å². The van der Waals surface area contributed by atoms with Crippen LogP contribution in [-0.2, 0) is 0 Å². The fourth-order valence-corrected chi connectivity index (χ4v) is 2.58. The minimum Gasteiger partial charge on any atom is -0.316 e. The maximum atomic E-state index is 3.38. The Kier molecular flexibility index (Phi) is 3.65. The van der Waals surface area contributed by atoms with Gasteiger partial charge in [-0.05, 0) is 46.8 Å². The fraction of sp³-hybridized carbons (Fsp3) is 1.00. The third kappa shape index (κ3) is 2.92. The molecule has 0 amide bonds. The summed E-state index contributed by atoms with van der Waals surface area (Å²) >= 11 is 0. The van der Waals surface area contributed by atoms with E-state index in [1.807, 2.05) is 0 Å². The molecule has 2 fully saturated rings. The van der Waals surface area contributed by atoms with Crippen molar-refractivity contribution in [1.82, 2.24) is 15.1 Å². The predicted octanol–water partition coefficient (Wildman–Crippen LogP) is 0.763. The average molecular weight is 211 g/mol. The van der Waals surface area contributed by atoms with Gasteiger partial charge in [0.05, 0.1) is 0 Å². The first kappa shape index (κ1) is 11.4. The maximum Gasteiger partial charge on any atom is 0.0204 e. The molecule has 15 heavy (non-hydrogen) atoms. The van der Waals surface area contributed by atoms with Crippen molar-refractivity contribution in [2.45, 2.75) is 44.3 Å². The zero-order valence-electron chi connectivity index (χ0n) is 10.4. The molecule has 1 aliphatic heterocycles. The Morgan fingerprint density at radius 1 is 1.40 bits per heavy atom. The molecule has 1 heterocycles. The minimum absolute atomic E-state index is 0.716. The quantitative estimate of drug-likeness (QED) is 0.724. The Morgan fingerprint density at radius 3 is 2.67 bits per heavy atom. The normalized spacial score (nSPS) is 30.0. The molecule has 0 aromatic rings. The monoisotopic (exact) mass is 211 g/mol. The van der Waals surface area contributed by atoms with Crippen molar-refractivity contribution >= 4 is 0 Å². The van der Waals surface area contributed by atoms with E-state index in [1.54, 1.807) is 0 Å². The van der Waals surface area contributed by atoms with Crippen molar-refractivity contribution in [3.05, 3.63) is 0 Å². The molecule has 0 radical (unpaired) electrons. The lowest BCUT2D eigenvalue weighted by molar-refractivity contribution is 0.184. The second-order valence-electron chi connectivity index (χ2n) is 5.28. The smallest absolute Gasteiger partial charge is 0.0204 e. The van der Waals surface area contributed by atoms with Gasteiger partial charge in [-0.1, -0.05) is 0 Å². The van der Waals surface area contributed by atoms with E-state index in [9.17, 15) is 0 Å². The zero-order chi connectivity index (χ0) is 10.8. The van der Waals surface area contributed by atoms with E-state index in [0.29, 0.717) is 6.04 Å². The van der Waals surface area contributed by atoms with Gasteiger partial charge >= 0.3 is 0 Å². The molecule has 0 bridgehead atoms. The molecule has 0 spiro atoms. The van der Waals surface area contributed by atoms with Gasteiger partial charge in [0.2, 0.25) is 0 Å². The largest absolute Gasteiger partial charge is 0.316 e. The molecule has 1 aliphatic carbocycles. The van der Waals surface area contributed by atoms with Crippen LogP contribution in [0.4, 0.5) is 0 Å². The highest BCUT2D eigenvalue weighted by molar-refractivity contribution is 4.88. The lowest BCUT2D eigenvalue weighted by Gasteiger charge is -2.28. The van der Waals surface area contributed by atoms with Crippen LogP contribution in [0.2, 0.25) is 0 Å². The molecule has 2 rings (SSSR count). The van der Waals surface area contributed by atoms with Crippen molar-refractivity contribution in [2.75, 3.05) is 33.7 Å². The van der Waals surface area contributed by atoms with Gasteiger partial charge in [-0.2, -0.15) is 0 Å². The van der Waals surface area contributed by atoms with E-state index in [2.05, 4.69) is 36.1 Å². The zero-order valence-corrected chi connectivity index (χ0v) is 10.4. The molecule has 1 saturated carbocycles. The van der Waals surface area contributed by atoms with Crippen molar-refractivity contribution in [3.63, 3.8) is 0 Å². The highest BCUT2D eigenvalue weighted by Gasteiger charge is 2.31. The second-order valence-corrected chi connectivity index (χ2v) is 5.28. The van der Waals surface area contributed by atoms with Crippen LogP contribution in [-0.4, -0.2) is 61.7 Å². The molecule has 0 aromatic carbocycles. The lowest BCUT2D eigenvalue weighted by Crippen LogP contribution is -2.41. The Bertz CT molecular complexity index is 203. The van der Waals surface area contributed by atoms with Crippen LogP contribution in [0.25, 0.3) is 0 Å². The van der Waals surface area contributed by atoms with Gasteiger partial charge in [0.1, 0.15) is 0 Å². The first-order valence-corrected chi connectivity index (χ1v) is 6.32. The number of nitrogens with one attached hydrogen (secondary N) is 1. The van der Waals surface area contributed by atoms with Gasteiger partial charge < -0.3 is 10.2 Å². The molecular weight excluding hydrogens is 186 g/mol. The molecule has 3 nitrogen and oxygen atoms in total. The van der Waals surface area contributed by atoms with Crippen LogP contribution in [0.3, 0.4) is 0 Å². The summed E-state index contributed by atoms with van der Waals surface area (Å²) < 4.78 is 0. The Morgan fingerprint density at radius 2 is 2.13 bits per heavy atom. The summed E-state index contributed by atoms with van der Waals surface area (Å²) in [6, 6.07) is 2.33. The summed E-state index contributed by atoms with van der Waals surface area (Å²) in [5.41, 5.74) is 0. The number of hydrogen-bond donors (Lipinski definition) is 1. The number of hydrogen-bond acceptors (Lipinski definition) is 3. The standard InChI is InChI=1S/C12H25N3/c1-10(14(3)12-4-5-12)8-15-7-6-11(9-15)13-2/h10-13H,4-9H2,1-3H3. The third-order valence-corrected chi connectivity index (χ3v) is 4.02. The van der Waals surface area contributed by atoms with Crippen LogP contribution in [0, 0.1) is 0 Å². The van der Waals surface area contributed by atoms with Crippen molar-refractivity contribution in [2.24, 2.45) is 0 Å². The topological polar surface area (TPSA) is 18.5 Å². The lowest BCUT2D eigenvalue weighted by atomic mass is 10.2. The van der Waals surface area contributed by atoms with E-state index >= 15 is 0 Å². The fourth-order valence-electron chi connectivity index (χ4n) is 2.58. The van der Waals surface area contributed by atoms with Crippen molar-refractivity contribution < 1.29 is 0 Å². The van der Waals surface area contributed by atoms with Crippen LogP contribution >= 0.6 is 0 Å². The summed E-state index contributed by atoms with van der Waals surface area (Å²) in [7, 11) is 4.36. The van der Waals surface area contributed by atoms with Gasteiger partial charge in [0, 0.05) is 31.2 Å². The Balaban J connectivity index is 1.71. The van der Waals surface area contributed by atoms with E-state index < -0.39 is 0 Å². The summed E-state index contributed by atoms with van der Waals surface area (Å²) in [6.07, 6.45) is 4.15. The Hall–Kier alpha value is -0.120. The maximum absolute atomic E-state index is 3.38. The molecule has 2 unspecified atom stereocenters.